The van der Waals surface area contributed by atoms with Gasteiger partial charge in [0.25, 0.3) is 0 Å². The van der Waals surface area contributed by atoms with E-state index in [0.29, 0.717) is 17.4 Å². The third-order valence-corrected chi connectivity index (χ3v) is 8.94. The van der Waals surface area contributed by atoms with E-state index < -0.39 is 30.0 Å². The van der Waals surface area contributed by atoms with Crippen molar-refractivity contribution in [2.75, 3.05) is 26.4 Å². The van der Waals surface area contributed by atoms with Crippen LogP contribution in [0, 0.1) is 11.3 Å². The van der Waals surface area contributed by atoms with Crippen LogP contribution in [-0.2, 0) is 9.53 Å². The van der Waals surface area contributed by atoms with Gasteiger partial charge in [-0.15, -0.1) is 0 Å². The molecule has 2 aliphatic carbocycles. The predicted octanol–water partition coefficient (Wildman–Crippen LogP) is 3.85. The number of halogens is 3. The molecule has 0 aromatic carbocycles. The highest BCUT2D eigenvalue weighted by atomic mass is 19.4. The van der Waals surface area contributed by atoms with E-state index >= 15 is 0 Å². The second-order valence-corrected chi connectivity index (χ2v) is 11.3. The van der Waals surface area contributed by atoms with Gasteiger partial charge >= 0.3 is 12.1 Å². The molecular formula is C26H40F3N3O4. The lowest BCUT2D eigenvalue weighted by molar-refractivity contribution is -0.145. The van der Waals surface area contributed by atoms with Gasteiger partial charge in [0.2, 0.25) is 0 Å². The van der Waals surface area contributed by atoms with Gasteiger partial charge in [-0.3, -0.25) is 4.79 Å². The minimum absolute atomic E-state index is 0.0655. The Morgan fingerprint density at radius 3 is 2.50 bits per heavy atom. The molecule has 2 heterocycles. The van der Waals surface area contributed by atoms with Crippen LogP contribution in [0.5, 0.6) is 0 Å². The molecule has 2 aliphatic heterocycles. The van der Waals surface area contributed by atoms with E-state index in [0.717, 1.165) is 45.2 Å². The van der Waals surface area contributed by atoms with Crippen LogP contribution in [0.2, 0.25) is 0 Å². The van der Waals surface area contributed by atoms with E-state index in [1.165, 1.54) is 6.08 Å². The molecule has 10 heteroatoms. The summed E-state index contributed by atoms with van der Waals surface area (Å²) in [7, 11) is 0. The number of carbonyl (C=O) groups is 1. The summed E-state index contributed by atoms with van der Waals surface area (Å²) in [5.74, 6) is -0.0361. The number of piperidine rings is 1. The standard InChI is InChI=1S/C26H40F3N3O4/c1-16(2)25(9-6-21(13-25)31-10-7-20(8-11-31)30-17(3)23(33)34)24(35)32-14-18-12-19(26(27,28)29)4-5-22(18)36-15-32/h12,16-17,20-21,24,30,35H,4-11,13-15H2,1-3H3,(H,33,34)/t17-,21-,24?,25+/m1/s1. The highest BCUT2D eigenvalue weighted by Gasteiger charge is 2.51. The molecule has 1 saturated heterocycles. The van der Waals surface area contributed by atoms with Crippen LogP contribution in [0.3, 0.4) is 0 Å². The number of nitrogens with zero attached hydrogens (tertiary/aromatic N) is 2. The van der Waals surface area contributed by atoms with Gasteiger partial charge in [0.15, 0.2) is 0 Å². The lowest BCUT2D eigenvalue weighted by atomic mass is 9.73. The number of ether oxygens (including phenoxy) is 1. The van der Waals surface area contributed by atoms with Gasteiger partial charge in [-0.1, -0.05) is 13.8 Å². The van der Waals surface area contributed by atoms with E-state index in [1.54, 1.807) is 11.8 Å². The van der Waals surface area contributed by atoms with Crippen molar-refractivity contribution >= 4 is 5.97 Å². The molecule has 0 aromatic heterocycles. The SMILES string of the molecule is CC(C)[C@]1(C(O)N2COC3=C(C=C(C(F)(F)F)CC3)C2)CC[C@@H](N2CCC(N[C@H](C)C(=O)O)CC2)C1. The van der Waals surface area contributed by atoms with Crippen LogP contribution in [0.4, 0.5) is 13.2 Å². The number of alkyl halides is 3. The van der Waals surface area contributed by atoms with Crippen molar-refractivity contribution in [3.05, 3.63) is 23.0 Å². The van der Waals surface area contributed by atoms with Gasteiger partial charge in [-0.05, 0) is 70.5 Å². The predicted molar refractivity (Wildman–Crippen MR) is 129 cm³/mol. The molecule has 4 aliphatic rings. The normalized spacial score (nSPS) is 30.7. The van der Waals surface area contributed by atoms with Crippen LogP contribution < -0.4 is 5.32 Å². The molecule has 7 nitrogen and oxygen atoms in total. The molecule has 0 spiro atoms. The molecule has 1 unspecified atom stereocenters. The summed E-state index contributed by atoms with van der Waals surface area (Å²) in [6.07, 6.45) is 0.635. The molecule has 4 rings (SSSR count). The van der Waals surface area contributed by atoms with Crippen LogP contribution in [0.1, 0.15) is 65.7 Å². The van der Waals surface area contributed by atoms with Gasteiger partial charge in [0.05, 0.1) is 0 Å². The second-order valence-electron chi connectivity index (χ2n) is 11.3. The fourth-order valence-corrected chi connectivity index (χ4v) is 6.54. The summed E-state index contributed by atoms with van der Waals surface area (Å²) in [5, 5.41) is 24.0. The quantitative estimate of drug-likeness (QED) is 0.475. The molecule has 4 atom stereocenters. The number of aliphatic hydroxyl groups excluding tert-OH is 1. The average molecular weight is 516 g/mol. The number of hydrogen-bond acceptors (Lipinski definition) is 6. The van der Waals surface area contributed by atoms with E-state index in [1.807, 2.05) is 0 Å². The lowest BCUT2D eigenvalue weighted by Gasteiger charge is -2.46. The fourth-order valence-electron chi connectivity index (χ4n) is 6.54. The molecule has 0 bridgehead atoms. The van der Waals surface area contributed by atoms with E-state index in [4.69, 9.17) is 9.84 Å². The molecule has 0 amide bonds. The van der Waals surface area contributed by atoms with Gasteiger partial charge in [-0.2, -0.15) is 13.2 Å². The highest BCUT2D eigenvalue weighted by Crippen LogP contribution is 2.50. The maximum absolute atomic E-state index is 13.3. The molecule has 2 fully saturated rings. The Balaban J connectivity index is 1.39. The van der Waals surface area contributed by atoms with Crippen molar-refractivity contribution in [1.29, 1.82) is 0 Å². The number of likely N-dealkylation sites (tertiary alicyclic amines) is 1. The van der Waals surface area contributed by atoms with Crippen molar-refractivity contribution < 1.29 is 32.9 Å². The Labute approximate surface area is 211 Å². The van der Waals surface area contributed by atoms with Crippen molar-refractivity contribution in [3.63, 3.8) is 0 Å². The monoisotopic (exact) mass is 515 g/mol. The van der Waals surface area contributed by atoms with Crippen molar-refractivity contribution in [2.45, 2.75) is 96.2 Å². The number of allylic oxidation sites excluding steroid dienone is 2. The molecule has 36 heavy (non-hydrogen) atoms. The second kappa shape index (κ2) is 10.6. The minimum atomic E-state index is -4.34. The van der Waals surface area contributed by atoms with Crippen LogP contribution in [0.15, 0.2) is 23.0 Å². The van der Waals surface area contributed by atoms with Crippen molar-refractivity contribution in [1.82, 2.24) is 15.1 Å². The number of aliphatic hydroxyl groups is 1. The zero-order valence-corrected chi connectivity index (χ0v) is 21.5. The smallest absolute Gasteiger partial charge is 0.412 e. The summed E-state index contributed by atoms with van der Waals surface area (Å²) < 4.78 is 45.7. The first kappa shape index (κ1) is 27.4. The Bertz CT molecular complexity index is 882. The summed E-state index contributed by atoms with van der Waals surface area (Å²) in [6, 6.07) is -0.0514. The Kier molecular flexibility index (Phi) is 8.09. The van der Waals surface area contributed by atoms with Crippen molar-refractivity contribution in [2.24, 2.45) is 11.3 Å². The zero-order valence-electron chi connectivity index (χ0n) is 21.5. The molecule has 0 radical (unpaired) electrons. The summed E-state index contributed by atoms with van der Waals surface area (Å²) in [6.45, 7) is 8.11. The number of rotatable bonds is 7. The van der Waals surface area contributed by atoms with Crippen LogP contribution >= 0.6 is 0 Å². The number of nitrogens with one attached hydrogen (secondary N) is 1. The number of aliphatic carboxylic acids is 1. The van der Waals surface area contributed by atoms with E-state index in [-0.39, 0.29) is 43.5 Å². The number of carboxylic acid groups (broad SMARTS) is 1. The van der Waals surface area contributed by atoms with Gasteiger partial charge in [0.1, 0.15) is 24.8 Å². The van der Waals surface area contributed by atoms with Crippen LogP contribution in [-0.4, -0.2) is 82.9 Å². The maximum atomic E-state index is 13.3. The first-order valence-electron chi connectivity index (χ1n) is 13.2. The minimum Gasteiger partial charge on any atom is -0.482 e. The first-order valence-corrected chi connectivity index (χ1v) is 13.2. The molecular weight excluding hydrogens is 475 g/mol. The lowest BCUT2D eigenvalue weighted by Crippen LogP contribution is -2.53. The Morgan fingerprint density at radius 1 is 1.19 bits per heavy atom. The van der Waals surface area contributed by atoms with Crippen LogP contribution in [0.25, 0.3) is 0 Å². The molecule has 3 N–H and O–H groups in total. The molecule has 204 valence electrons. The molecule has 1 saturated carbocycles. The van der Waals surface area contributed by atoms with E-state index in [2.05, 4.69) is 24.1 Å². The topological polar surface area (TPSA) is 85.3 Å². The summed E-state index contributed by atoms with van der Waals surface area (Å²) >= 11 is 0. The molecule has 0 aromatic rings. The summed E-state index contributed by atoms with van der Waals surface area (Å²) in [4.78, 5) is 15.4. The van der Waals surface area contributed by atoms with Gasteiger partial charge < -0.3 is 25.2 Å². The number of hydrogen-bond donors (Lipinski definition) is 3. The highest BCUT2D eigenvalue weighted by molar-refractivity contribution is 5.72. The zero-order chi connectivity index (χ0) is 26.3. The maximum Gasteiger partial charge on any atom is 0.412 e. The number of carboxylic acids is 1. The fraction of sp³-hybridized carbons (Fsp3) is 0.808. The van der Waals surface area contributed by atoms with Gasteiger partial charge in [0, 0.05) is 41.6 Å². The van der Waals surface area contributed by atoms with E-state index in [9.17, 15) is 23.1 Å². The summed E-state index contributed by atoms with van der Waals surface area (Å²) in [5.41, 5.74) is -0.377. The Hall–Kier alpha value is -1.62. The Morgan fingerprint density at radius 2 is 1.89 bits per heavy atom. The first-order chi connectivity index (χ1) is 16.9. The van der Waals surface area contributed by atoms with Gasteiger partial charge in [-0.25, -0.2) is 4.90 Å². The largest absolute Gasteiger partial charge is 0.482 e. The average Bonchev–Trinajstić information content (AvgIpc) is 3.29. The van der Waals surface area contributed by atoms with Crippen molar-refractivity contribution in [3.8, 4) is 0 Å². The third kappa shape index (κ3) is 5.61. The third-order valence-electron chi connectivity index (χ3n) is 8.94.